The van der Waals surface area contributed by atoms with Gasteiger partial charge in [0.1, 0.15) is 0 Å². The fourth-order valence-electron chi connectivity index (χ4n) is 3.82. The molecule has 0 radical (unpaired) electrons. The van der Waals surface area contributed by atoms with E-state index in [2.05, 4.69) is 20.8 Å². The maximum absolute atomic E-state index is 12.7. The average Bonchev–Trinajstić information content (AvgIpc) is 3.19. The number of likely N-dealkylation sites (tertiary alicyclic amines) is 2. The smallest absolute Gasteiger partial charge is 0.253 e. The molecular weight excluding hydrogens is 394 g/mol. The predicted molar refractivity (Wildman–Crippen MR) is 106 cm³/mol. The van der Waals surface area contributed by atoms with Crippen LogP contribution < -0.4 is 0 Å². The molecule has 1 aromatic rings. The molecule has 0 spiro atoms. The summed E-state index contributed by atoms with van der Waals surface area (Å²) < 4.78 is 0.968. The standard InChI is InChI=1S/C20H28BrN3O2/c1-22(14-15-23-10-2-3-11-23)19(25)17-8-12-24(13-9-17)20(26)16-4-6-18(21)7-5-16/h4-7,17H,2-3,8-15H2,1H3. The SMILES string of the molecule is CN(CCN1CCCC1)C(=O)C1CCN(C(=O)c2ccc(Br)cc2)CC1. The normalized spacial score (nSPS) is 18.9. The van der Waals surface area contributed by atoms with E-state index in [0.717, 1.165) is 30.4 Å². The van der Waals surface area contributed by atoms with Crippen molar-refractivity contribution in [3.63, 3.8) is 0 Å². The molecule has 3 rings (SSSR count). The number of piperidine rings is 1. The highest BCUT2D eigenvalue weighted by Crippen LogP contribution is 2.21. The number of benzene rings is 1. The maximum Gasteiger partial charge on any atom is 0.253 e. The summed E-state index contributed by atoms with van der Waals surface area (Å²) in [6.45, 7) is 5.42. The van der Waals surface area contributed by atoms with Crippen LogP contribution in [0.5, 0.6) is 0 Å². The molecule has 2 amide bonds. The Morgan fingerprint density at radius 2 is 1.69 bits per heavy atom. The number of carbonyl (C=O) groups excluding carboxylic acids is 2. The lowest BCUT2D eigenvalue weighted by Crippen LogP contribution is -2.44. The molecule has 6 heteroatoms. The van der Waals surface area contributed by atoms with E-state index in [4.69, 9.17) is 0 Å². The Bertz CT molecular complexity index is 620. The summed E-state index contributed by atoms with van der Waals surface area (Å²) in [5, 5.41) is 0. The second-order valence-corrected chi connectivity index (χ2v) is 8.30. The van der Waals surface area contributed by atoms with Gasteiger partial charge < -0.3 is 14.7 Å². The number of halogens is 1. The molecule has 0 N–H and O–H groups in total. The highest BCUT2D eigenvalue weighted by Gasteiger charge is 2.29. The van der Waals surface area contributed by atoms with E-state index in [-0.39, 0.29) is 17.7 Å². The quantitative estimate of drug-likeness (QED) is 0.733. The van der Waals surface area contributed by atoms with Crippen molar-refractivity contribution in [3.05, 3.63) is 34.3 Å². The van der Waals surface area contributed by atoms with Crippen molar-refractivity contribution in [2.24, 2.45) is 5.92 Å². The van der Waals surface area contributed by atoms with Crippen LogP contribution in [-0.2, 0) is 4.79 Å². The van der Waals surface area contributed by atoms with Crippen molar-refractivity contribution in [1.29, 1.82) is 0 Å². The predicted octanol–water partition coefficient (Wildman–Crippen LogP) is 2.86. The summed E-state index contributed by atoms with van der Waals surface area (Å²) in [6.07, 6.45) is 4.08. The lowest BCUT2D eigenvalue weighted by molar-refractivity contribution is -0.135. The van der Waals surface area contributed by atoms with Crippen LogP contribution in [-0.4, -0.2) is 72.8 Å². The zero-order chi connectivity index (χ0) is 18.5. The van der Waals surface area contributed by atoms with Gasteiger partial charge in [0.2, 0.25) is 5.91 Å². The lowest BCUT2D eigenvalue weighted by atomic mass is 9.95. The minimum absolute atomic E-state index is 0.0487. The molecule has 26 heavy (non-hydrogen) atoms. The van der Waals surface area contributed by atoms with Gasteiger partial charge in [0.15, 0.2) is 0 Å². The molecule has 2 aliphatic rings. The van der Waals surface area contributed by atoms with Gasteiger partial charge in [-0.05, 0) is 63.0 Å². The number of rotatable bonds is 5. The van der Waals surface area contributed by atoms with Crippen molar-refractivity contribution in [3.8, 4) is 0 Å². The summed E-state index contributed by atoms with van der Waals surface area (Å²) in [7, 11) is 1.91. The van der Waals surface area contributed by atoms with Crippen molar-refractivity contribution >= 4 is 27.7 Å². The first-order valence-electron chi connectivity index (χ1n) is 9.57. The van der Waals surface area contributed by atoms with E-state index < -0.39 is 0 Å². The molecule has 2 heterocycles. The van der Waals surface area contributed by atoms with E-state index in [1.807, 2.05) is 41.1 Å². The highest BCUT2D eigenvalue weighted by molar-refractivity contribution is 9.10. The lowest BCUT2D eigenvalue weighted by Gasteiger charge is -2.33. The summed E-state index contributed by atoms with van der Waals surface area (Å²) in [6, 6.07) is 7.46. The van der Waals surface area contributed by atoms with Crippen LogP contribution in [0.3, 0.4) is 0 Å². The maximum atomic E-state index is 12.7. The largest absolute Gasteiger partial charge is 0.344 e. The molecule has 2 saturated heterocycles. The van der Waals surface area contributed by atoms with Gasteiger partial charge in [-0.15, -0.1) is 0 Å². The Labute approximate surface area is 164 Å². The zero-order valence-corrected chi connectivity index (χ0v) is 17.1. The van der Waals surface area contributed by atoms with Crippen LogP contribution >= 0.6 is 15.9 Å². The molecule has 1 aromatic carbocycles. The molecule has 0 unspecified atom stereocenters. The van der Waals surface area contributed by atoms with E-state index in [1.165, 1.54) is 25.9 Å². The van der Waals surface area contributed by atoms with E-state index in [9.17, 15) is 9.59 Å². The Morgan fingerprint density at radius 3 is 2.31 bits per heavy atom. The molecule has 0 atom stereocenters. The van der Waals surface area contributed by atoms with Crippen molar-refractivity contribution in [1.82, 2.24) is 14.7 Å². The number of hydrogen-bond donors (Lipinski definition) is 0. The second-order valence-electron chi connectivity index (χ2n) is 7.38. The van der Waals surface area contributed by atoms with Crippen LogP contribution in [0.1, 0.15) is 36.0 Å². The molecular formula is C20H28BrN3O2. The van der Waals surface area contributed by atoms with Crippen LogP contribution in [0.4, 0.5) is 0 Å². The average molecular weight is 422 g/mol. The number of amides is 2. The van der Waals surface area contributed by atoms with Crippen LogP contribution in [0, 0.1) is 5.92 Å². The van der Waals surface area contributed by atoms with Gasteiger partial charge in [-0.1, -0.05) is 15.9 Å². The number of nitrogens with zero attached hydrogens (tertiary/aromatic N) is 3. The Kier molecular flexibility index (Phi) is 6.70. The third-order valence-corrected chi connectivity index (χ3v) is 6.08. The minimum atomic E-state index is 0.0487. The summed E-state index contributed by atoms with van der Waals surface area (Å²) in [5.41, 5.74) is 0.709. The Balaban J connectivity index is 1.45. The zero-order valence-electron chi connectivity index (χ0n) is 15.5. The molecule has 0 saturated carbocycles. The van der Waals surface area contributed by atoms with Gasteiger partial charge in [0.25, 0.3) is 5.91 Å². The van der Waals surface area contributed by atoms with Crippen molar-refractivity contribution < 1.29 is 9.59 Å². The Hall–Kier alpha value is -1.40. The molecule has 2 aliphatic heterocycles. The third-order valence-electron chi connectivity index (χ3n) is 5.55. The van der Waals surface area contributed by atoms with Crippen LogP contribution in [0.15, 0.2) is 28.7 Å². The van der Waals surface area contributed by atoms with Gasteiger partial charge in [0.05, 0.1) is 0 Å². The fraction of sp³-hybridized carbons (Fsp3) is 0.600. The first-order chi connectivity index (χ1) is 12.5. The number of likely N-dealkylation sites (N-methyl/N-ethyl adjacent to an activating group) is 1. The van der Waals surface area contributed by atoms with Crippen molar-refractivity contribution in [2.75, 3.05) is 46.3 Å². The summed E-state index contributed by atoms with van der Waals surface area (Å²) >= 11 is 3.39. The molecule has 0 aromatic heterocycles. The number of hydrogen-bond acceptors (Lipinski definition) is 3. The van der Waals surface area contributed by atoms with Crippen molar-refractivity contribution in [2.45, 2.75) is 25.7 Å². The first kappa shape index (κ1) is 19.4. The highest BCUT2D eigenvalue weighted by atomic mass is 79.9. The van der Waals surface area contributed by atoms with Gasteiger partial charge in [-0.25, -0.2) is 0 Å². The van der Waals surface area contributed by atoms with Gasteiger partial charge in [-0.3, -0.25) is 9.59 Å². The topological polar surface area (TPSA) is 43.9 Å². The first-order valence-corrected chi connectivity index (χ1v) is 10.4. The molecule has 0 bridgehead atoms. The summed E-state index contributed by atoms with van der Waals surface area (Å²) in [5.74, 6) is 0.346. The van der Waals surface area contributed by atoms with Crippen LogP contribution in [0.2, 0.25) is 0 Å². The van der Waals surface area contributed by atoms with E-state index in [0.29, 0.717) is 18.7 Å². The Morgan fingerprint density at radius 1 is 1.08 bits per heavy atom. The van der Waals surface area contributed by atoms with Gasteiger partial charge in [-0.2, -0.15) is 0 Å². The summed E-state index contributed by atoms with van der Waals surface area (Å²) in [4.78, 5) is 31.5. The number of carbonyl (C=O) groups is 2. The molecule has 142 valence electrons. The molecule has 5 nitrogen and oxygen atoms in total. The van der Waals surface area contributed by atoms with Gasteiger partial charge >= 0.3 is 0 Å². The van der Waals surface area contributed by atoms with Gasteiger partial charge in [0, 0.05) is 49.2 Å². The molecule has 0 aliphatic carbocycles. The minimum Gasteiger partial charge on any atom is -0.344 e. The second kappa shape index (κ2) is 9.00. The molecule has 2 fully saturated rings. The third kappa shape index (κ3) is 4.86. The van der Waals surface area contributed by atoms with E-state index in [1.54, 1.807) is 0 Å². The van der Waals surface area contributed by atoms with E-state index >= 15 is 0 Å². The van der Waals surface area contributed by atoms with Crippen LogP contribution in [0.25, 0.3) is 0 Å². The fourth-order valence-corrected chi connectivity index (χ4v) is 4.09. The monoisotopic (exact) mass is 421 g/mol.